The van der Waals surface area contributed by atoms with Gasteiger partial charge in [0.05, 0.1) is 0 Å². The Bertz CT molecular complexity index is 1100. The van der Waals surface area contributed by atoms with Crippen molar-refractivity contribution < 1.29 is 19.1 Å². The van der Waals surface area contributed by atoms with Crippen molar-refractivity contribution in [1.82, 2.24) is 4.90 Å². The minimum atomic E-state index is -0.487. The number of anilines is 2. The smallest absolute Gasteiger partial charge is 0.411 e. The van der Waals surface area contributed by atoms with Crippen LogP contribution in [0.3, 0.4) is 0 Å². The van der Waals surface area contributed by atoms with E-state index >= 15 is 0 Å². The highest BCUT2D eigenvalue weighted by Gasteiger charge is 2.23. The molecule has 7 heteroatoms. The lowest BCUT2D eigenvalue weighted by Gasteiger charge is -2.36. The number of piperazine rings is 1. The number of nitrogens with zero attached hydrogens (tertiary/aromatic N) is 2. The number of ether oxygens (including phenoxy) is 2. The Morgan fingerprint density at radius 2 is 1.38 bits per heavy atom. The minimum absolute atomic E-state index is 0.224. The van der Waals surface area contributed by atoms with Crippen molar-refractivity contribution in [2.75, 3.05) is 36.4 Å². The largest absolute Gasteiger partial charge is 0.445 e. The summed E-state index contributed by atoms with van der Waals surface area (Å²) in [4.78, 5) is 28.5. The van der Waals surface area contributed by atoms with Gasteiger partial charge in [-0.25, -0.2) is 9.59 Å². The van der Waals surface area contributed by atoms with Crippen LogP contribution in [0, 0.1) is 6.92 Å². The molecule has 1 aliphatic rings. The molecule has 2 amide bonds. The average molecular weight is 460 g/mol. The molecule has 0 spiro atoms. The van der Waals surface area contributed by atoms with E-state index in [0.717, 1.165) is 22.4 Å². The zero-order chi connectivity index (χ0) is 23.8. The lowest BCUT2D eigenvalue weighted by molar-refractivity contribution is 0.0942. The Balaban J connectivity index is 1.24. The molecule has 3 aromatic rings. The molecule has 3 aromatic carbocycles. The first-order valence-corrected chi connectivity index (χ1v) is 11.4. The first kappa shape index (κ1) is 23.2. The zero-order valence-electron chi connectivity index (χ0n) is 19.3. The van der Waals surface area contributed by atoms with Crippen LogP contribution < -0.4 is 10.2 Å². The van der Waals surface area contributed by atoms with Crippen LogP contribution in [0.4, 0.5) is 21.0 Å². The van der Waals surface area contributed by atoms with Gasteiger partial charge >= 0.3 is 12.2 Å². The fraction of sp³-hybridized carbons (Fsp3) is 0.259. The first-order chi connectivity index (χ1) is 16.6. The maximum absolute atomic E-state index is 12.4. The van der Waals surface area contributed by atoms with Crippen LogP contribution in [0.5, 0.6) is 0 Å². The number of amides is 2. The standard InChI is InChI=1S/C27H29N3O4/c1-21-18-24(28-26(31)33-19-22-8-4-2-5-9-22)12-13-25(21)29-14-16-30(17-15-29)27(32)34-20-23-10-6-3-7-11-23/h2-13,18H,14-17,19-20H2,1H3,(H,28,31). The molecule has 1 saturated heterocycles. The van der Waals surface area contributed by atoms with Gasteiger partial charge in [-0.1, -0.05) is 60.7 Å². The zero-order valence-corrected chi connectivity index (χ0v) is 19.3. The molecule has 176 valence electrons. The van der Waals surface area contributed by atoms with Gasteiger partial charge in [0.2, 0.25) is 0 Å². The Labute approximate surface area is 199 Å². The van der Waals surface area contributed by atoms with Gasteiger partial charge in [-0.2, -0.15) is 0 Å². The summed E-state index contributed by atoms with van der Waals surface area (Å²) < 4.78 is 10.7. The van der Waals surface area contributed by atoms with E-state index in [2.05, 4.69) is 10.2 Å². The Hall–Kier alpha value is -4.00. The molecule has 0 aliphatic carbocycles. The molecule has 1 heterocycles. The van der Waals surface area contributed by atoms with Crippen LogP contribution >= 0.6 is 0 Å². The Morgan fingerprint density at radius 3 is 1.97 bits per heavy atom. The number of nitrogens with one attached hydrogen (secondary N) is 1. The number of aryl methyl sites for hydroxylation is 1. The minimum Gasteiger partial charge on any atom is -0.445 e. The van der Waals surface area contributed by atoms with E-state index in [1.807, 2.05) is 85.8 Å². The van der Waals surface area contributed by atoms with Gasteiger partial charge in [-0.3, -0.25) is 5.32 Å². The highest BCUT2D eigenvalue weighted by molar-refractivity contribution is 5.85. The summed E-state index contributed by atoms with van der Waals surface area (Å²) in [5.74, 6) is 0. The maximum atomic E-state index is 12.4. The summed E-state index contributed by atoms with van der Waals surface area (Å²) in [6.45, 7) is 5.14. The monoisotopic (exact) mass is 459 g/mol. The van der Waals surface area contributed by atoms with Gasteiger partial charge in [0, 0.05) is 37.6 Å². The van der Waals surface area contributed by atoms with Gasteiger partial charge in [0.15, 0.2) is 0 Å². The third kappa shape index (κ3) is 6.28. The summed E-state index contributed by atoms with van der Waals surface area (Å²) in [7, 11) is 0. The molecule has 0 bridgehead atoms. The van der Waals surface area contributed by atoms with Crippen molar-refractivity contribution >= 4 is 23.6 Å². The number of carbonyl (C=O) groups excluding carboxylic acids is 2. The van der Waals surface area contributed by atoms with Crippen LogP contribution in [0.25, 0.3) is 0 Å². The maximum Gasteiger partial charge on any atom is 0.411 e. The predicted molar refractivity (Wildman–Crippen MR) is 132 cm³/mol. The van der Waals surface area contributed by atoms with Crippen molar-refractivity contribution in [2.24, 2.45) is 0 Å². The Kier molecular flexibility index (Phi) is 7.65. The van der Waals surface area contributed by atoms with Crippen molar-refractivity contribution in [3.8, 4) is 0 Å². The van der Waals surface area contributed by atoms with Crippen LogP contribution in [0.2, 0.25) is 0 Å². The number of hydrogen-bond acceptors (Lipinski definition) is 5. The van der Waals surface area contributed by atoms with Gasteiger partial charge in [0.25, 0.3) is 0 Å². The topological polar surface area (TPSA) is 71.1 Å². The summed E-state index contributed by atoms with van der Waals surface area (Å²) in [6, 6.07) is 25.0. The van der Waals surface area contributed by atoms with Gasteiger partial charge in [-0.15, -0.1) is 0 Å². The molecule has 34 heavy (non-hydrogen) atoms. The molecular weight excluding hydrogens is 430 g/mol. The quantitative estimate of drug-likeness (QED) is 0.548. The second kappa shape index (κ2) is 11.2. The third-order valence-corrected chi connectivity index (χ3v) is 5.74. The van der Waals surface area contributed by atoms with E-state index in [1.165, 1.54) is 0 Å². The van der Waals surface area contributed by atoms with Crippen LogP contribution in [0.1, 0.15) is 16.7 Å². The molecule has 0 radical (unpaired) electrons. The van der Waals surface area contributed by atoms with E-state index in [0.29, 0.717) is 31.9 Å². The molecule has 4 rings (SSSR count). The summed E-state index contributed by atoms with van der Waals surface area (Å²) in [5, 5.41) is 2.78. The summed E-state index contributed by atoms with van der Waals surface area (Å²) in [5.41, 5.74) is 4.72. The lowest BCUT2D eigenvalue weighted by atomic mass is 10.1. The summed E-state index contributed by atoms with van der Waals surface area (Å²) in [6.07, 6.45) is -0.771. The molecular formula is C27H29N3O4. The molecule has 1 aliphatic heterocycles. The molecule has 1 fully saturated rings. The van der Waals surface area contributed by atoms with E-state index in [4.69, 9.17) is 9.47 Å². The first-order valence-electron chi connectivity index (χ1n) is 11.4. The van der Waals surface area contributed by atoms with Gasteiger partial charge in [0.1, 0.15) is 13.2 Å². The van der Waals surface area contributed by atoms with E-state index in [-0.39, 0.29) is 19.3 Å². The fourth-order valence-electron chi connectivity index (χ4n) is 3.91. The van der Waals surface area contributed by atoms with Crippen LogP contribution in [0.15, 0.2) is 78.9 Å². The molecule has 7 nitrogen and oxygen atoms in total. The van der Waals surface area contributed by atoms with Crippen molar-refractivity contribution in [3.05, 3.63) is 95.6 Å². The van der Waals surface area contributed by atoms with E-state index in [9.17, 15) is 9.59 Å². The van der Waals surface area contributed by atoms with Crippen molar-refractivity contribution in [2.45, 2.75) is 20.1 Å². The normalized spacial score (nSPS) is 13.3. The number of hydrogen-bond donors (Lipinski definition) is 1. The lowest BCUT2D eigenvalue weighted by Crippen LogP contribution is -2.49. The SMILES string of the molecule is Cc1cc(NC(=O)OCc2ccccc2)ccc1N1CCN(C(=O)OCc2ccccc2)CC1. The fourth-order valence-corrected chi connectivity index (χ4v) is 3.91. The predicted octanol–water partition coefficient (Wildman–Crippen LogP) is 5.20. The molecule has 0 atom stereocenters. The molecule has 0 aromatic heterocycles. The number of carbonyl (C=O) groups is 2. The van der Waals surface area contributed by atoms with E-state index in [1.54, 1.807) is 4.90 Å². The van der Waals surface area contributed by atoms with Crippen molar-refractivity contribution in [1.29, 1.82) is 0 Å². The second-order valence-corrected chi connectivity index (χ2v) is 8.20. The van der Waals surface area contributed by atoms with E-state index < -0.39 is 6.09 Å². The van der Waals surface area contributed by atoms with Gasteiger partial charge < -0.3 is 19.3 Å². The van der Waals surface area contributed by atoms with Crippen LogP contribution in [-0.2, 0) is 22.7 Å². The van der Waals surface area contributed by atoms with Crippen molar-refractivity contribution in [3.63, 3.8) is 0 Å². The third-order valence-electron chi connectivity index (χ3n) is 5.74. The highest BCUT2D eigenvalue weighted by Crippen LogP contribution is 2.25. The van der Waals surface area contributed by atoms with Gasteiger partial charge in [-0.05, 0) is 41.8 Å². The summed E-state index contributed by atoms with van der Waals surface area (Å²) >= 11 is 0. The second-order valence-electron chi connectivity index (χ2n) is 8.20. The van der Waals surface area contributed by atoms with Crippen LogP contribution in [-0.4, -0.2) is 43.3 Å². The molecule has 1 N–H and O–H groups in total. The highest BCUT2D eigenvalue weighted by atomic mass is 16.6. The molecule has 0 unspecified atom stereocenters. The number of benzene rings is 3. The average Bonchev–Trinajstić information content (AvgIpc) is 2.87. The Morgan fingerprint density at radius 1 is 0.794 bits per heavy atom. The molecule has 0 saturated carbocycles. The number of rotatable bonds is 6.